The van der Waals surface area contributed by atoms with Crippen LogP contribution in [0.5, 0.6) is 0 Å². The van der Waals surface area contributed by atoms with Crippen LogP contribution in [0.25, 0.3) is 10.2 Å². The summed E-state index contributed by atoms with van der Waals surface area (Å²) >= 11 is 2.44. The van der Waals surface area contributed by atoms with Gasteiger partial charge in [0.2, 0.25) is 0 Å². The standard InChI is InChI=1S/C8H7NO3S3/c10-15(11,12)5-13-8-9-6-3-1-2-4-7(6)14-8/h1-4H,5H2,(H,10,11,12). The minimum absolute atomic E-state index is 0.354. The molecule has 0 aliphatic carbocycles. The summed E-state index contributed by atoms with van der Waals surface area (Å²) in [4.78, 5) is 4.22. The van der Waals surface area contributed by atoms with Crippen molar-refractivity contribution >= 4 is 43.4 Å². The molecule has 80 valence electrons. The SMILES string of the molecule is O=S(=O)(O)CSc1nc2ccccc2s1. The van der Waals surface area contributed by atoms with Crippen LogP contribution in [0.1, 0.15) is 0 Å². The molecule has 0 saturated carbocycles. The lowest BCUT2D eigenvalue weighted by molar-refractivity contribution is 0.489. The van der Waals surface area contributed by atoms with Crippen molar-refractivity contribution in [3.8, 4) is 0 Å². The summed E-state index contributed by atoms with van der Waals surface area (Å²) in [5, 5.41) is -0.354. The van der Waals surface area contributed by atoms with Gasteiger partial charge in [-0.3, -0.25) is 4.55 Å². The van der Waals surface area contributed by atoms with E-state index in [0.29, 0.717) is 4.34 Å². The van der Waals surface area contributed by atoms with E-state index in [1.807, 2.05) is 24.3 Å². The Balaban J connectivity index is 2.23. The summed E-state index contributed by atoms with van der Waals surface area (Å²) in [6, 6.07) is 7.56. The summed E-state index contributed by atoms with van der Waals surface area (Å²) in [5.74, 6) is 0. The highest BCUT2D eigenvalue weighted by atomic mass is 32.3. The zero-order chi connectivity index (χ0) is 10.9. The average Bonchev–Trinajstić information content (AvgIpc) is 2.56. The Morgan fingerprint density at radius 2 is 2.13 bits per heavy atom. The van der Waals surface area contributed by atoms with Gasteiger partial charge < -0.3 is 0 Å². The fraction of sp³-hybridized carbons (Fsp3) is 0.125. The largest absolute Gasteiger partial charge is 0.285 e. The van der Waals surface area contributed by atoms with E-state index in [-0.39, 0.29) is 5.08 Å². The van der Waals surface area contributed by atoms with Gasteiger partial charge in [0.1, 0.15) is 5.08 Å². The van der Waals surface area contributed by atoms with Crippen molar-refractivity contribution in [1.29, 1.82) is 0 Å². The van der Waals surface area contributed by atoms with E-state index in [2.05, 4.69) is 4.98 Å². The smallest absolute Gasteiger partial charge is 0.274 e. The van der Waals surface area contributed by atoms with Crippen molar-refractivity contribution in [2.24, 2.45) is 0 Å². The molecule has 4 nitrogen and oxygen atoms in total. The molecule has 0 fully saturated rings. The van der Waals surface area contributed by atoms with E-state index in [0.717, 1.165) is 22.0 Å². The van der Waals surface area contributed by atoms with Gasteiger partial charge in [0, 0.05) is 0 Å². The lowest BCUT2D eigenvalue weighted by Crippen LogP contribution is -1.99. The van der Waals surface area contributed by atoms with Crippen LogP contribution in [0.15, 0.2) is 28.6 Å². The minimum Gasteiger partial charge on any atom is -0.285 e. The summed E-state index contributed by atoms with van der Waals surface area (Å²) < 4.78 is 31.3. The Labute approximate surface area is 95.1 Å². The van der Waals surface area contributed by atoms with Gasteiger partial charge in [-0.1, -0.05) is 23.9 Å². The molecule has 0 atom stereocenters. The van der Waals surface area contributed by atoms with Gasteiger partial charge in [-0.25, -0.2) is 4.98 Å². The lowest BCUT2D eigenvalue weighted by atomic mass is 10.3. The van der Waals surface area contributed by atoms with Gasteiger partial charge in [-0.15, -0.1) is 11.3 Å². The first-order valence-electron chi connectivity index (χ1n) is 3.98. The summed E-state index contributed by atoms with van der Waals surface area (Å²) in [6.07, 6.45) is 0. The number of hydrogen-bond donors (Lipinski definition) is 1. The quantitative estimate of drug-likeness (QED) is 0.678. The number of fused-ring (bicyclic) bond motifs is 1. The highest BCUT2D eigenvalue weighted by Gasteiger charge is 2.09. The van der Waals surface area contributed by atoms with E-state index >= 15 is 0 Å². The normalized spacial score (nSPS) is 12.1. The molecule has 1 heterocycles. The molecule has 0 aliphatic rings. The first kappa shape index (κ1) is 10.9. The van der Waals surface area contributed by atoms with E-state index in [9.17, 15) is 8.42 Å². The first-order chi connectivity index (χ1) is 7.04. The molecule has 0 unspecified atom stereocenters. The van der Waals surface area contributed by atoms with Crippen LogP contribution in [0.2, 0.25) is 0 Å². The second-order valence-electron chi connectivity index (χ2n) is 2.79. The van der Waals surface area contributed by atoms with E-state index in [4.69, 9.17) is 4.55 Å². The zero-order valence-electron chi connectivity index (χ0n) is 7.45. The molecule has 7 heteroatoms. The Kier molecular flexibility index (Phi) is 2.96. The summed E-state index contributed by atoms with van der Waals surface area (Å²) in [5.41, 5.74) is 0.848. The highest BCUT2D eigenvalue weighted by molar-refractivity contribution is 8.11. The molecule has 0 amide bonds. The van der Waals surface area contributed by atoms with Gasteiger partial charge in [-0.2, -0.15) is 8.42 Å². The maximum atomic E-state index is 10.5. The van der Waals surface area contributed by atoms with Crippen molar-refractivity contribution in [3.05, 3.63) is 24.3 Å². The second-order valence-corrected chi connectivity index (χ2v) is 6.86. The van der Waals surface area contributed by atoms with E-state index in [1.54, 1.807) is 0 Å². The predicted molar refractivity (Wildman–Crippen MR) is 61.9 cm³/mol. The summed E-state index contributed by atoms with van der Waals surface area (Å²) in [6.45, 7) is 0. The Hall–Kier alpha value is -0.630. The third-order valence-electron chi connectivity index (χ3n) is 1.61. The van der Waals surface area contributed by atoms with Crippen molar-refractivity contribution in [1.82, 2.24) is 4.98 Å². The van der Waals surface area contributed by atoms with Crippen molar-refractivity contribution in [2.75, 3.05) is 5.08 Å². The van der Waals surface area contributed by atoms with Gasteiger partial charge in [0.25, 0.3) is 10.1 Å². The fourth-order valence-electron chi connectivity index (χ4n) is 1.04. The van der Waals surface area contributed by atoms with Crippen molar-refractivity contribution in [3.63, 3.8) is 0 Å². The van der Waals surface area contributed by atoms with Crippen LogP contribution >= 0.6 is 23.1 Å². The molecular weight excluding hydrogens is 254 g/mol. The molecule has 15 heavy (non-hydrogen) atoms. The molecule has 1 aromatic heterocycles. The van der Waals surface area contributed by atoms with Crippen LogP contribution in [0.3, 0.4) is 0 Å². The Bertz CT molecular complexity index is 543. The molecule has 0 aliphatic heterocycles. The maximum absolute atomic E-state index is 10.5. The summed E-state index contributed by atoms with van der Waals surface area (Å²) in [7, 11) is -3.93. The fourth-order valence-corrected chi connectivity index (χ4v) is 3.83. The number of thiazole rings is 1. The maximum Gasteiger partial charge on any atom is 0.274 e. The second kappa shape index (κ2) is 4.09. The van der Waals surface area contributed by atoms with Gasteiger partial charge >= 0.3 is 0 Å². The Morgan fingerprint density at radius 1 is 1.40 bits per heavy atom. The molecular formula is C8H7NO3S3. The topological polar surface area (TPSA) is 67.3 Å². The van der Waals surface area contributed by atoms with Crippen LogP contribution in [0, 0.1) is 0 Å². The molecule has 0 spiro atoms. The van der Waals surface area contributed by atoms with Crippen LogP contribution in [-0.2, 0) is 10.1 Å². The number of nitrogens with zero attached hydrogens (tertiary/aromatic N) is 1. The molecule has 0 bridgehead atoms. The average molecular weight is 261 g/mol. The lowest BCUT2D eigenvalue weighted by Gasteiger charge is -1.91. The molecule has 2 rings (SSSR count). The number of rotatable bonds is 3. The Morgan fingerprint density at radius 3 is 2.80 bits per heavy atom. The van der Waals surface area contributed by atoms with Crippen LogP contribution < -0.4 is 0 Å². The molecule has 1 aromatic carbocycles. The van der Waals surface area contributed by atoms with Crippen LogP contribution in [0.4, 0.5) is 0 Å². The van der Waals surface area contributed by atoms with Gasteiger partial charge in [-0.05, 0) is 12.1 Å². The van der Waals surface area contributed by atoms with E-state index < -0.39 is 10.1 Å². The third-order valence-corrected chi connectivity index (χ3v) is 5.04. The number of thioether (sulfide) groups is 1. The number of aromatic nitrogens is 1. The molecule has 2 aromatic rings. The monoisotopic (exact) mass is 261 g/mol. The van der Waals surface area contributed by atoms with Gasteiger partial charge in [0.15, 0.2) is 4.34 Å². The molecule has 1 N–H and O–H groups in total. The van der Waals surface area contributed by atoms with Crippen LogP contribution in [-0.4, -0.2) is 23.0 Å². The number of para-hydroxylation sites is 1. The minimum atomic E-state index is -3.93. The molecule has 0 saturated heterocycles. The first-order valence-corrected chi connectivity index (χ1v) is 7.39. The predicted octanol–water partition coefficient (Wildman–Crippen LogP) is 2.23. The zero-order valence-corrected chi connectivity index (χ0v) is 9.90. The number of hydrogen-bond acceptors (Lipinski definition) is 5. The highest BCUT2D eigenvalue weighted by Crippen LogP contribution is 2.29. The van der Waals surface area contributed by atoms with Crippen molar-refractivity contribution < 1.29 is 13.0 Å². The van der Waals surface area contributed by atoms with Gasteiger partial charge in [0.05, 0.1) is 10.2 Å². The van der Waals surface area contributed by atoms with Crippen molar-refractivity contribution in [2.45, 2.75) is 4.34 Å². The molecule has 0 radical (unpaired) electrons. The number of benzene rings is 1. The van der Waals surface area contributed by atoms with E-state index in [1.165, 1.54) is 11.3 Å². The third kappa shape index (κ3) is 2.91.